The Morgan fingerprint density at radius 3 is 2.25 bits per heavy atom. The molecule has 0 rings (SSSR count). The van der Waals surface area contributed by atoms with Gasteiger partial charge in [-0.3, -0.25) is 0 Å². The van der Waals surface area contributed by atoms with Crippen molar-refractivity contribution in [2.75, 3.05) is 13.1 Å². The van der Waals surface area contributed by atoms with Crippen LogP contribution in [0.4, 0.5) is 0 Å². The Hall–Kier alpha value is -0.0800. The van der Waals surface area contributed by atoms with E-state index in [0.29, 0.717) is 0 Å². The molecule has 0 aromatic rings. The number of aliphatic hydroxyl groups is 1. The van der Waals surface area contributed by atoms with Gasteiger partial charge in [0.25, 0.3) is 0 Å². The summed E-state index contributed by atoms with van der Waals surface area (Å²) in [6.45, 7) is 10.1. The maximum atomic E-state index is 9.39. The molecular weight excluding hydrogens is 150 g/mol. The van der Waals surface area contributed by atoms with Crippen molar-refractivity contribution in [3.63, 3.8) is 0 Å². The van der Waals surface area contributed by atoms with Crippen LogP contribution in [0.15, 0.2) is 0 Å². The first-order valence-electron chi connectivity index (χ1n) is 4.85. The van der Waals surface area contributed by atoms with Crippen molar-refractivity contribution in [2.45, 2.75) is 46.1 Å². The van der Waals surface area contributed by atoms with Crippen molar-refractivity contribution in [2.24, 2.45) is 5.92 Å². The minimum atomic E-state index is -0.523. The molecule has 0 fully saturated rings. The highest BCUT2D eigenvalue weighted by Crippen LogP contribution is 2.05. The van der Waals surface area contributed by atoms with Gasteiger partial charge in [-0.15, -0.1) is 0 Å². The van der Waals surface area contributed by atoms with E-state index < -0.39 is 5.60 Å². The molecular formula is C10H23NO. The fraction of sp³-hybridized carbons (Fsp3) is 1.00. The lowest BCUT2D eigenvalue weighted by Crippen LogP contribution is -2.27. The van der Waals surface area contributed by atoms with E-state index in [1.165, 1.54) is 6.42 Å². The number of hydrogen-bond acceptors (Lipinski definition) is 2. The van der Waals surface area contributed by atoms with Gasteiger partial charge in [-0.05, 0) is 45.7 Å². The predicted octanol–water partition coefficient (Wildman–Crippen LogP) is 1.78. The topological polar surface area (TPSA) is 32.3 Å². The summed E-state index contributed by atoms with van der Waals surface area (Å²) < 4.78 is 0. The summed E-state index contributed by atoms with van der Waals surface area (Å²) in [6.07, 6.45) is 2.04. The van der Waals surface area contributed by atoms with Crippen LogP contribution in [0, 0.1) is 5.92 Å². The van der Waals surface area contributed by atoms with Crippen molar-refractivity contribution in [1.82, 2.24) is 5.32 Å². The Kier molecular flexibility index (Phi) is 5.51. The van der Waals surface area contributed by atoms with Crippen molar-refractivity contribution in [3.8, 4) is 0 Å². The van der Waals surface area contributed by atoms with E-state index in [1.54, 1.807) is 0 Å². The Morgan fingerprint density at radius 1 is 1.25 bits per heavy atom. The average molecular weight is 173 g/mol. The second kappa shape index (κ2) is 5.55. The van der Waals surface area contributed by atoms with E-state index in [9.17, 15) is 5.11 Å². The zero-order valence-corrected chi connectivity index (χ0v) is 8.85. The normalized spacial score (nSPS) is 12.5. The number of hydrogen-bond donors (Lipinski definition) is 2. The van der Waals surface area contributed by atoms with Crippen LogP contribution in [0.25, 0.3) is 0 Å². The van der Waals surface area contributed by atoms with Crippen LogP contribution in [0.3, 0.4) is 0 Å². The van der Waals surface area contributed by atoms with E-state index in [0.717, 1.165) is 25.4 Å². The van der Waals surface area contributed by atoms with Crippen LogP contribution in [-0.2, 0) is 0 Å². The fourth-order valence-corrected chi connectivity index (χ4v) is 0.910. The molecule has 2 nitrogen and oxygen atoms in total. The van der Waals surface area contributed by atoms with Gasteiger partial charge in [0.1, 0.15) is 0 Å². The molecule has 0 aliphatic carbocycles. The van der Waals surface area contributed by atoms with Gasteiger partial charge in [0, 0.05) is 0 Å². The van der Waals surface area contributed by atoms with Gasteiger partial charge < -0.3 is 10.4 Å². The summed E-state index contributed by atoms with van der Waals surface area (Å²) >= 11 is 0. The van der Waals surface area contributed by atoms with E-state index in [4.69, 9.17) is 0 Å². The third-order valence-electron chi connectivity index (χ3n) is 1.81. The van der Waals surface area contributed by atoms with E-state index in [2.05, 4.69) is 19.2 Å². The maximum absolute atomic E-state index is 9.39. The summed E-state index contributed by atoms with van der Waals surface area (Å²) in [5, 5.41) is 12.7. The number of nitrogens with one attached hydrogen (secondary N) is 1. The molecule has 2 N–H and O–H groups in total. The maximum Gasteiger partial charge on any atom is 0.0603 e. The molecule has 0 aromatic heterocycles. The molecule has 0 bridgehead atoms. The lowest BCUT2D eigenvalue weighted by atomic mass is 10.1. The predicted molar refractivity (Wildman–Crippen MR) is 53.2 cm³/mol. The highest BCUT2D eigenvalue weighted by Gasteiger charge is 2.10. The standard InChI is InChI=1S/C10H23NO/c1-9(2)5-7-11-8-6-10(3,4)12/h9,11-12H,5-8H2,1-4H3. The van der Waals surface area contributed by atoms with Gasteiger partial charge in [-0.1, -0.05) is 13.8 Å². The summed E-state index contributed by atoms with van der Waals surface area (Å²) in [4.78, 5) is 0. The zero-order valence-electron chi connectivity index (χ0n) is 8.85. The van der Waals surface area contributed by atoms with Crippen molar-refractivity contribution in [1.29, 1.82) is 0 Å². The molecule has 12 heavy (non-hydrogen) atoms. The summed E-state index contributed by atoms with van der Waals surface area (Å²) in [5.74, 6) is 0.764. The lowest BCUT2D eigenvalue weighted by Gasteiger charge is -2.17. The molecule has 0 saturated heterocycles. The SMILES string of the molecule is CC(C)CCNCCC(C)(C)O. The summed E-state index contributed by atoms with van der Waals surface area (Å²) in [5.41, 5.74) is -0.523. The fourth-order valence-electron chi connectivity index (χ4n) is 0.910. The molecule has 0 heterocycles. The van der Waals surface area contributed by atoms with Crippen molar-refractivity contribution < 1.29 is 5.11 Å². The first-order valence-corrected chi connectivity index (χ1v) is 4.85. The Morgan fingerprint density at radius 2 is 1.83 bits per heavy atom. The van der Waals surface area contributed by atoms with Gasteiger partial charge in [0.15, 0.2) is 0 Å². The molecule has 0 atom stereocenters. The molecule has 74 valence electrons. The molecule has 0 aromatic carbocycles. The van der Waals surface area contributed by atoms with Crippen molar-refractivity contribution >= 4 is 0 Å². The second-order valence-electron chi connectivity index (χ2n) is 4.49. The highest BCUT2D eigenvalue weighted by molar-refractivity contribution is 4.66. The van der Waals surface area contributed by atoms with Crippen LogP contribution in [0.1, 0.15) is 40.5 Å². The molecule has 0 saturated carbocycles. The largest absolute Gasteiger partial charge is 0.390 e. The van der Waals surface area contributed by atoms with E-state index >= 15 is 0 Å². The quantitative estimate of drug-likeness (QED) is 0.600. The van der Waals surface area contributed by atoms with Crippen LogP contribution in [0.2, 0.25) is 0 Å². The Balaban J connectivity index is 3.12. The molecule has 0 spiro atoms. The lowest BCUT2D eigenvalue weighted by molar-refractivity contribution is 0.0712. The average Bonchev–Trinajstić information content (AvgIpc) is 1.83. The monoisotopic (exact) mass is 173 g/mol. The van der Waals surface area contributed by atoms with Gasteiger partial charge in [-0.25, -0.2) is 0 Å². The van der Waals surface area contributed by atoms with Gasteiger partial charge >= 0.3 is 0 Å². The smallest absolute Gasteiger partial charge is 0.0603 e. The Labute approximate surface area is 76.4 Å². The second-order valence-corrected chi connectivity index (χ2v) is 4.49. The van der Waals surface area contributed by atoms with E-state index in [-0.39, 0.29) is 0 Å². The van der Waals surface area contributed by atoms with Crippen LogP contribution >= 0.6 is 0 Å². The molecule has 0 radical (unpaired) electrons. The third kappa shape index (κ3) is 9.92. The minimum Gasteiger partial charge on any atom is -0.390 e. The first kappa shape index (κ1) is 11.9. The summed E-state index contributed by atoms with van der Waals surface area (Å²) in [7, 11) is 0. The minimum absolute atomic E-state index is 0.523. The highest BCUT2D eigenvalue weighted by atomic mass is 16.3. The Bertz CT molecular complexity index is 105. The van der Waals surface area contributed by atoms with Gasteiger partial charge in [0.05, 0.1) is 5.60 Å². The van der Waals surface area contributed by atoms with Crippen LogP contribution in [0.5, 0.6) is 0 Å². The van der Waals surface area contributed by atoms with Gasteiger partial charge in [-0.2, -0.15) is 0 Å². The van der Waals surface area contributed by atoms with Crippen LogP contribution in [-0.4, -0.2) is 23.8 Å². The molecule has 0 aliphatic heterocycles. The van der Waals surface area contributed by atoms with E-state index in [1.807, 2.05) is 13.8 Å². The molecule has 2 heteroatoms. The number of rotatable bonds is 6. The molecule has 0 unspecified atom stereocenters. The van der Waals surface area contributed by atoms with Crippen molar-refractivity contribution in [3.05, 3.63) is 0 Å². The third-order valence-corrected chi connectivity index (χ3v) is 1.81. The summed E-state index contributed by atoms with van der Waals surface area (Å²) in [6, 6.07) is 0. The first-order chi connectivity index (χ1) is 5.42. The zero-order chi connectivity index (χ0) is 9.61. The molecule has 0 aliphatic rings. The molecule has 0 amide bonds. The van der Waals surface area contributed by atoms with Crippen LogP contribution < -0.4 is 5.32 Å². The van der Waals surface area contributed by atoms with Gasteiger partial charge in [0.2, 0.25) is 0 Å².